The van der Waals surface area contributed by atoms with Crippen LogP contribution < -0.4 is 5.73 Å². The third-order valence-electron chi connectivity index (χ3n) is 4.22. The molecule has 0 aliphatic carbocycles. The summed E-state index contributed by atoms with van der Waals surface area (Å²) in [4.78, 5) is 2.52. The van der Waals surface area contributed by atoms with Gasteiger partial charge in [-0.25, -0.2) is 0 Å². The zero-order valence-electron chi connectivity index (χ0n) is 11.1. The quantitative estimate of drug-likeness (QED) is 0.723. The highest BCUT2D eigenvalue weighted by Gasteiger charge is 2.27. The van der Waals surface area contributed by atoms with Gasteiger partial charge in [0.25, 0.3) is 0 Å². The lowest BCUT2D eigenvalue weighted by atomic mass is 9.95. The van der Waals surface area contributed by atoms with Crippen LogP contribution in [0.3, 0.4) is 0 Å². The standard InChI is InChI=1S/C13H28N2O/c1-4-13(16,10-14)6-5-7-15-8-11(2)12(3)9-15/h11-12,16H,4-10,14H2,1-3H3. The average Bonchev–Trinajstić information content (AvgIpc) is 2.58. The molecule has 0 spiro atoms. The van der Waals surface area contributed by atoms with E-state index in [9.17, 15) is 5.11 Å². The Labute approximate surface area is 100 Å². The first-order valence-corrected chi connectivity index (χ1v) is 6.65. The Morgan fingerprint density at radius 2 is 1.88 bits per heavy atom. The summed E-state index contributed by atoms with van der Waals surface area (Å²) >= 11 is 0. The molecule has 3 unspecified atom stereocenters. The van der Waals surface area contributed by atoms with Gasteiger partial charge >= 0.3 is 0 Å². The first kappa shape index (κ1) is 13.9. The monoisotopic (exact) mass is 228 g/mol. The summed E-state index contributed by atoms with van der Waals surface area (Å²) in [5.41, 5.74) is 4.96. The van der Waals surface area contributed by atoms with E-state index in [0.29, 0.717) is 6.54 Å². The van der Waals surface area contributed by atoms with Crippen LogP contribution >= 0.6 is 0 Å². The van der Waals surface area contributed by atoms with E-state index in [0.717, 1.165) is 37.6 Å². The molecule has 1 aliphatic heterocycles. The van der Waals surface area contributed by atoms with Crippen LogP contribution in [0.4, 0.5) is 0 Å². The predicted molar refractivity (Wildman–Crippen MR) is 68.3 cm³/mol. The number of rotatable bonds is 6. The fourth-order valence-electron chi connectivity index (χ4n) is 2.49. The van der Waals surface area contributed by atoms with Gasteiger partial charge in [-0.1, -0.05) is 20.8 Å². The number of hydrogen-bond acceptors (Lipinski definition) is 3. The van der Waals surface area contributed by atoms with Gasteiger partial charge < -0.3 is 15.7 Å². The zero-order valence-corrected chi connectivity index (χ0v) is 11.1. The highest BCUT2D eigenvalue weighted by Crippen LogP contribution is 2.23. The summed E-state index contributed by atoms with van der Waals surface area (Å²) in [6, 6.07) is 0. The molecule has 0 saturated carbocycles. The van der Waals surface area contributed by atoms with Gasteiger partial charge in [-0.2, -0.15) is 0 Å². The molecule has 3 N–H and O–H groups in total. The van der Waals surface area contributed by atoms with E-state index < -0.39 is 5.60 Å². The van der Waals surface area contributed by atoms with Crippen LogP contribution in [0.15, 0.2) is 0 Å². The van der Waals surface area contributed by atoms with Crippen LogP contribution in [0.25, 0.3) is 0 Å². The number of nitrogens with zero attached hydrogens (tertiary/aromatic N) is 1. The molecule has 0 aromatic heterocycles. The van der Waals surface area contributed by atoms with Crippen LogP contribution in [0.5, 0.6) is 0 Å². The van der Waals surface area contributed by atoms with Crippen LogP contribution in [-0.4, -0.2) is 41.8 Å². The first-order chi connectivity index (χ1) is 7.50. The fourth-order valence-corrected chi connectivity index (χ4v) is 2.49. The summed E-state index contributed by atoms with van der Waals surface area (Å²) in [7, 11) is 0. The second kappa shape index (κ2) is 5.99. The van der Waals surface area contributed by atoms with E-state index >= 15 is 0 Å². The van der Waals surface area contributed by atoms with E-state index in [-0.39, 0.29) is 0 Å². The minimum atomic E-state index is -0.628. The van der Waals surface area contributed by atoms with Gasteiger partial charge in [0.2, 0.25) is 0 Å². The van der Waals surface area contributed by atoms with Gasteiger partial charge in [0.05, 0.1) is 5.60 Å². The first-order valence-electron chi connectivity index (χ1n) is 6.65. The van der Waals surface area contributed by atoms with Crippen molar-refractivity contribution < 1.29 is 5.11 Å². The summed E-state index contributed by atoms with van der Waals surface area (Å²) in [5.74, 6) is 1.64. The molecule has 0 amide bonds. The minimum Gasteiger partial charge on any atom is -0.389 e. The Kier molecular flexibility index (Phi) is 5.22. The molecule has 0 radical (unpaired) electrons. The number of aliphatic hydroxyl groups is 1. The highest BCUT2D eigenvalue weighted by molar-refractivity contribution is 4.81. The van der Waals surface area contributed by atoms with Gasteiger partial charge in [-0.15, -0.1) is 0 Å². The maximum Gasteiger partial charge on any atom is 0.0767 e. The predicted octanol–water partition coefficient (Wildman–Crippen LogP) is 1.45. The second-order valence-electron chi connectivity index (χ2n) is 5.60. The Balaban J connectivity index is 2.21. The molecule has 1 aliphatic rings. The third-order valence-corrected chi connectivity index (χ3v) is 4.22. The summed E-state index contributed by atoms with van der Waals surface area (Å²) in [6.07, 6.45) is 2.65. The highest BCUT2D eigenvalue weighted by atomic mass is 16.3. The van der Waals surface area contributed by atoms with E-state index in [1.807, 2.05) is 6.92 Å². The van der Waals surface area contributed by atoms with Crippen LogP contribution in [0, 0.1) is 11.8 Å². The molecule has 0 bridgehead atoms. The van der Waals surface area contributed by atoms with Crippen molar-refractivity contribution in [2.75, 3.05) is 26.2 Å². The lowest BCUT2D eigenvalue weighted by molar-refractivity contribution is 0.0321. The maximum absolute atomic E-state index is 10.1. The van der Waals surface area contributed by atoms with Gasteiger partial charge in [-0.3, -0.25) is 0 Å². The van der Waals surface area contributed by atoms with Crippen molar-refractivity contribution in [3.8, 4) is 0 Å². The number of hydrogen-bond donors (Lipinski definition) is 2. The molecule has 1 heterocycles. The Bertz CT molecular complexity index is 194. The van der Waals surface area contributed by atoms with Crippen LogP contribution in [0.1, 0.15) is 40.0 Å². The molecule has 0 aromatic carbocycles. The molecular weight excluding hydrogens is 200 g/mol. The molecule has 0 aromatic rings. The van der Waals surface area contributed by atoms with Crippen molar-refractivity contribution in [1.82, 2.24) is 4.90 Å². The number of nitrogens with two attached hydrogens (primary N) is 1. The lowest BCUT2D eigenvalue weighted by Gasteiger charge is -2.26. The SMILES string of the molecule is CCC(O)(CN)CCCN1CC(C)C(C)C1. The molecular formula is C13H28N2O. The van der Waals surface area contributed by atoms with Crippen molar-refractivity contribution in [2.45, 2.75) is 45.6 Å². The second-order valence-corrected chi connectivity index (χ2v) is 5.60. The molecule has 3 heteroatoms. The number of likely N-dealkylation sites (tertiary alicyclic amines) is 1. The summed E-state index contributed by atoms with van der Waals surface area (Å²) in [6.45, 7) is 10.6. The molecule has 1 saturated heterocycles. The van der Waals surface area contributed by atoms with Crippen molar-refractivity contribution in [3.63, 3.8) is 0 Å². The zero-order chi connectivity index (χ0) is 12.2. The lowest BCUT2D eigenvalue weighted by Crippen LogP contribution is -2.37. The molecule has 3 nitrogen and oxygen atoms in total. The maximum atomic E-state index is 10.1. The smallest absolute Gasteiger partial charge is 0.0767 e. The largest absolute Gasteiger partial charge is 0.389 e. The van der Waals surface area contributed by atoms with Crippen molar-refractivity contribution in [2.24, 2.45) is 17.6 Å². The van der Waals surface area contributed by atoms with Crippen LogP contribution in [-0.2, 0) is 0 Å². The molecule has 96 valence electrons. The average molecular weight is 228 g/mol. The van der Waals surface area contributed by atoms with Crippen molar-refractivity contribution in [3.05, 3.63) is 0 Å². The van der Waals surface area contributed by atoms with Crippen molar-refractivity contribution >= 4 is 0 Å². The van der Waals surface area contributed by atoms with Gasteiger partial charge in [0.1, 0.15) is 0 Å². The van der Waals surface area contributed by atoms with E-state index in [2.05, 4.69) is 18.7 Å². The van der Waals surface area contributed by atoms with E-state index in [1.165, 1.54) is 13.1 Å². The van der Waals surface area contributed by atoms with Gasteiger partial charge in [0, 0.05) is 19.6 Å². The van der Waals surface area contributed by atoms with Crippen molar-refractivity contribution in [1.29, 1.82) is 0 Å². The minimum absolute atomic E-state index is 0.385. The van der Waals surface area contributed by atoms with E-state index in [1.54, 1.807) is 0 Å². The van der Waals surface area contributed by atoms with Crippen LogP contribution in [0.2, 0.25) is 0 Å². The normalized spacial score (nSPS) is 30.6. The Hall–Kier alpha value is -0.120. The summed E-state index contributed by atoms with van der Waals surface area (Å²) < 4.78 is 0. The van der Waals surface area contributed by atoms with E-state index in [4.69, 9.17) is 5.73 Å². The van der Waals surface area contributed by atoms with Gasteiger partial charge in [-0.05, 0) is 37.6 Å². The molecule has 16 heavy (non-hydrogen) atoms. The topological polar surface area (TPSA) is 49.5 Å². The fraction of sp³-hybridized carbons (Fsp3) is 1.00. The molecule has 1 rings (SSSR count). The molecule has 1 fully saturated rings. The Morgan fingerprint density at radius 1 is 1.31 bits per heavy atom. The summed E-state index contributed by atoms with van der Waals surface area (Å²) in [5, 5.41) is 10.1. The third kappa shape index (κ3) is 3.72. The molecule has 3 atom stereocenters. The van der Waals surface area contributed by atoms with Gasteiger partial charge in [0.15, 0.2) is 0 Å². The Morgan fingerprint density at radius 3 is 2.31 bits per heavy atom.